The standard InChI is InChI=1S/C22H24N4O6/c1-29-18-10-20(31-3)19(30-2)9-16(18)11-23-21(27)14-32-22(28)17-13-26(25-24-17)12-15-7-5-4-6-8-15/h4-10,13H,11-12,14H2,1-3H3,(H,23,27). The van der Waals surface area contributed by atoms with Gasteiger partial charge in [0, 0.05) is 18.2 Å². The van der Waals surface area contributed by atoms with Crippen molar-refractivity contribution in [3.63, 3.8) is 0 Å². The van der Waals surface area contributed by atoms with Crippen molar-refractivity contribution in [2.45, 2.75) is 13.1 Å². The first-order valence-corrected chi connectivity index (χ1v) is 9.70. The molecular formula is C22H24N4O6. The summed E-state index contributed by atoms with van der Waals surface area (Å²) < 4.78 is 22.4. The average Bonchev–Trinajstić information content (AvgIpc) is 3.29. The highest BCUT2D eigenvalue weighted by molar-refractivity contribution is 5.89. The van der Waals surface area contributed by atoms with E-state index in [1.165, 1.54) is 32.2 Å². The number of methoxy groups -OCH3 is 3. The molecule has 0 atom stereocenters. The minimum Gasteiger partial charge on any atom is -0.496 e. The van der Waals surface area contributed by atoms with E-state index in [1.54, 1.807) is 12.1 Å². The molecule has 0 radical (unpaired) electrons. The Kier molecular flexibility index (Phi) is 7.63. The van der Waals surface area contributed by atoms with E-state index < -0.39 is 18.5 Å². The van der Waals surface area contributed by atoms with Gasteiger partial charge in [0.2, 0.25) is 0 Å². The Labute approximate surface area is 185 Å². The molecule has 1 heterocycles. The highest BCUT2D eigenvalue weighted by Crippen LogP contribution is 2.34. The molecule has 0 bridgehead atoms. The smallest absolute Gasteiger partial charge is 0.361 e. The van der Waals surface area contributed by atoms with Crippen LogP contribution in [0.25, 0.3) is 0 Å². The summed E-state index contributed by atoms with van der Waals surface area (Å²) in [5.74, 6) is 0.321. The Bertz CT molecular complexity index is 1070. The van der Waals surface area contributed by atoms with E-state index in [2.05, 4.69) is 15.6 Å². The Balaban J connectivity index is 1.51. The third kappa shape index (κ3) is 5.75. The van der Waals surface area contributed by atoms with Gasteiger partial charge in [-0.2, -0.15) is 0 Å². The summed E-state index contributed by atoms with van der Waals surface area (Å²) >= 11 is 0. The van der Waals surface area contributed by atoms with Gasteiger partial charge in [-0.1, -0.05) is 35.5 Å². The largest absolute Gasteiger partial charge is 0.496 e. The first kappa shape index (κ1) is 22.6. The molecule has 0 aliphatic rings. The quantitative estimate of drug-likeness (QED) is 0.475. The van der Waals surface area contributed by atoms with Crippen molar-refractivity contribution in [1.82, 2.24) is 20.3 Å². The Morgan fingerprint density at radius 2 is 1.66 bits per heavy atom. The van der Waals surface area contributed by atoms with Crippen molar-refractivity contribution in [2.24, 2.45) is 0 Å². The number of esters is 1. The zero-order valence-corrected chi connectivity index (χ0v) is 18.0. The lowest BCUT2D eigenvalue weighted by Gasteiger charge is -2.14. The van der Waals surface area contributed by atoms with Gasteiger partial charge in [-0.05, 0) is 11.6 Å². The van der Waals surface area contributed by atoms with Gasteiger partial charge in [0.25, 0.3) is 5.91 Å². The molecule has 0 aliphatic carbocycles. The Morgan fingerprint density at radius 3 is 2.34 bits per heavy atom. The van der Waals surface area contributed by atoms with Crippen LogP contribution in [0, 0.1) is 0 Å². The second-order valence-corrected chi connectivity index (χ2v) is 6.66. The van der Waals surface area contributed by atoms with Crippen LogP contribution in [-0.2, 0) is 22.6 Å². The molecule has 168 valence electrons. The molecule has 0 spiro atoms. The summed E-state index contributed by atoms with van der Waals surface area (Å²) in [5, 5.41) is 10.4. The molecule has 10 nitrogen and oxygen atoms in total. The zero-order chi connectivity index (χ0) is 22.9. The van der Waals surface area contributed by atoms with Crippen LogP contribution in [-0.4, -0.2) is 54.8 Å². The second kappa shape index (κ2) is 10.8. The highest BCUT2D eigenvalue weighted by Gasteiger charge is 2.16. The van der Waals surface area contributed by atoms with Crippen LogP contribution in [0.4, 0.5) is 0 Å². The van der Waals surface area contributed by atoms with Crippen molar-refractivity contribution in [3.05, 3.63) is 65.5 Å². The van der Waals surface area contributed by atoms with Gasteiger partial charge in [0.15, 0.2) is 23.8 Å². The maximum absolute atomic E-state index is 12.2. The first-order chi connectivity index (χ1) is 15.5. The van der Waals surface area contributed by atoms with Crippen LogP contribution >= 0.6 is 0 Å². The number of hydrogen-bond donors (Lipinski definition) is 1. The van der Waals surface area contributed by atoms with Gasteiger partial charge >= 0.3 is 5.97 Å². The number of carbonyl (C=O) groups is 2. The van der Waals surface area contributed by atoms with E-state index in [0.29, 0.717) is 29.4 Å². The Morgan fingerprint density at radius 1 is 0.969 bits per heavy atom. The normalized spacial score (nSPS) is 10.3. The van der Waals surface area contributed by atoms with E-state index in [-0.39, 0.29) is 12.2 Å². The lowest BCUT2D eigenvalue weighted by Crippen LogP contribution is -2.28. The van der Waals surface area contributed by atoms with Crippen molar-refractivity contribution in [1.29, 1.82) is 0 Å². The van der Waals surface area contributed by atoms with Gasteiger partial charge in [-0.25, -0.2) is 9.48 Å². The maximum Gasteiger partial charge on any atom is 0.361 e. The van der Waals surface area contributed by atoms with E-state index in [9.17, 15) is 9.59 Å². The van der Waals surface area contributed by atoms with Gasteiger partial charge in [-0.15, -0.1) is 5.10 Å². The number of rotatable bonds is 10. The Hall–Kier alpha value is -4.08. The fourth-order valence-electron chi connectivity index (χ4n) is 2.92. The van der Waals surface area contributed by atoms with Crippen molar-refractivity contribution < 1.29 is 28.5 Å². The van der Waals surface area contributed by atoms with Crippen LogP contribution < -0.4 is 19.5 Å². The van der Waals surface area contributed by atoms with E-state index in [4.69, 9.17) is 18.9 Å². The molecule has 2 aromatic carbocycles. The second-order valence-electron chi connectivity index (χ2n) is 6.66. The van der Waals surface area contributed by atoms with E-state index in [1.807, 2.05) is 30.3 Å². The number of nitrogens with one attached hydrogen (secondary N) is 1. The lowest BCUT2D eigenvalue weighted by molar-refractivity contribution is -0.124. The van der Waals surface area contributed by atoms with Crippen LogP contribution in [0.2, 0.25) is 0 Å². The molecule has 10 heteroatoms. The molecule has 0 fully saturated rings. The predicted octanol–water partition coefficient (Wildman–Crippen LogP) is 1.83. The van der Waals surface area contributed by atoms with E-state index in [0.717, 1.165) is 5.56 Å². The van der Waals surface area contributed by atoms with Gasteiger partial charge in [0.1, 0.15) is 5.75 Å². The highest BCUT2D eigenvalue weighted by atomic mass is 16.5. The minimum atomic E-state index is -0.733. The number of amides is 1. The van der Waals surface area contributed by atoms with Crippen LogP contribution in [0.1, 0.15) is 21.6 Å². The number of ether oxygens (including phenoxy) is 4. The fourth-order valence-corrected chi connectivity index (χ4v) is 2.92. The zero-order valence-electron chi connectivity index (χ0n) is 18.0. The van der Waals surface area contributed by atoms with Crippen LogP contribution in [0.3, 0.4) is 0 Å². The van der Waals surface area contributed by atoms with Crippen molar-refractivity contribution in [2.75, 3.05) is 27.9 Å². The van der Waals surface area contributed by atoms with Gasteiger partial charge in [-0.3, -0.25) is 4.79 Å². The molecule has 1 amide bonds. The summed E-state index contributed by atoms with van der Waals surface area (Å²) in [5.41, 5.74) is 1.71. The maximum atomic E-state index is 12.2. The molecule has 1 N–H and O–H groups in total. The lowest BCUT2D eigenvalue weighted by atomic mass is 10.1. The third-order valence-electron chi connectivity index (χ3n) is 4.53. The van der Waals surface area contributed by atoms with Crippen LogP contribution in [0.5, 0.6) is 17.2 Å². The molecule has 0 saturated heterocycles. The summed E-state index contributed by atoms with van der Waals surface area (Å²) in [4.78, 5) is 24.3. The number of benzene rings is 2. The number of nitrogens with zero attached hydrogens (tertiary/aromatic N) is 3. The summed E-state index contributed by atoms with van der Waals surface area (Å²) in [7, 11) is 4.55. The summed E-state index contributed by atoms with van der Waals surface area (Å²) in [6, 6.07) is 13.0. The fraction of sp³-hybridized carbons (Fsp3) is 0.273. The van der Waals surface area contributed by atoms with Crippen LogP contribution in [0.15, 0.2) is 48.7 Å². The summed E-state index contributed by atoms with van der Waals surface area (Å²) in [6.45, 7) is 0.155. The van der Waals surface area contributed by atoms with Crippen molar-refractivity contribution in [3.8, 4) is 17.2 Å². The number of carbonyl (C=O) groups excluding carboxylic acids is 2. The predicted molar refractivity (Wildman–Crippen MR) is 114 cm³/mol. The monoisotopic (exact) mass is 440 g/mol. The summed E-state index contributed by atoms with van der Waals surface area (Å²) in [6.07, 6.45) is 1.47. The molecule has 3 rings (SSSR count). The first-order valence-electron chi connectivity index (χ1n) is 9.70. The number of hydrogen-bond acceptors (Lipinski definition) is 8. The molecule has 0 unspecified atom stereocenters. The average molecular weight is 440 g/mol. The third-order valence-corrected chi connectivity index (χ3v) is 4.53. The molecule has 32 heavy (non-hydrogen) atoms. The topological polar surface area (TPSA) is 114 Å². The van der Waals surface area contributed by atoms with E-state index >= 15 is 0 Å². The number of aromatic nitrogens is 3. The molecule has 0 saturated carbocycles. The van der Waals surface area contributed by atoms with Gasteiger partial charge < -0.3 is 24.3 Å². The van der Waals surface area contributed by atoms with Gasteiger partial charge in [0.05, 0.1) is 34.1 Å². The molecule has 3 aromatic rings. The van der Waals surface area contributed by atoms with Crippen molar-refractivity contribution >= 4 is 11.9 Å². The molecular weight excluding hydrogens is 416 g/mol. The molecule has 1 aromatic heterocycles. The molecule has 0 aliphatic heterocycles. The SMILES string of the molecule is COc1cc(OC)c(OC)cc1CNC(=O)COC(=O)c1cn(Cc2ccccc2)nn1. The minimum absolute atomic E-state index is 0.0234.